The van der Waals surface area contributed by atoms with E-state index in [1.54, 1.807) is 0 Å². The quantitative estimate of drug-likeness (QED) is 0.253. The van der Waals surface area contributed by atoms with Gasteiger partial charge >= 0.3 is 0 Å². The summed E-state index contributed by atoms with van der Waals surface area (Å²) in [5, 5.41) is 20.8. The highest BCUT2D eigenvalue weighted by molar-refractivity contribution is 5.89. The SMILES string of the molecule is Cc1ccc(N(c2ccc(-c3ccc(OCC(O)CO)cc3)cc2)c2ccc3ccccc3c2)cc1. The second kappa shape index (κ2) is 10.6. The summed E-state index contributed by atoms with van der Waals surface area (Å²) in [6.45, 7) is 1.85. The van der Waals surface area contributed by atoms with Crippen LogP contribution in [0, 0.1) is 6.92 Å². The van der Waals surface area contributed by atoms with Gasteiger partial charge < -0.3 is 19.8 Å². The third kappa shape index (κ3) is 5.25. The third-order valence-corrected chi connectivity index (χ3v) is 6.25. The first-order valence-corrected chi connectivity index (χ1v) is 12.1. The number of benzene rings is 5. The van der Waals surface area contributed by atoms with Crippen LogP contribution >= 0.6 is 0 Å². The van der Waals surface area contributed by atoms with E-state index < -0.39 is 6.10 Å². The normalized spacial score (nSPS) is 11.9. The van der Waals surface area contributed by atoms with Crippen molar-refractivity contribution in [2.75, 3.05) is 18.1 Å². The average molecular weight is 476 g/mol. The van der Waals surface area contributed by atoms with Gasteiger partial charge in [-0.1, -0.05) is 72.3 Å². The van der Waals surface area contributed by atoms with Crippen LogP contribution in [0.4, 0.5) is 17.1 Å². The van der Waals surface area contributed by atoms with Crippen LogP contribution in [0.15, 0.2) is 115 Å². The Labute approximate surface area is 211 Å². The fraction of sp³-hybridized carbons (Fsp3) is 0.125. The summed E-state index contributed by atoms with van der Waals surface area (Å²) in [6, 6.07) is 39.9. The Balaban J connectivity index is 1.45. The van der Waals surface area contributed by atoms with Crippen LogP contribution in [0.2, 0.25) is 0 Å². The topological polar surface area (TPSA) is 52.9 Å². The van der Waals surface area contributed by atoms with Crippen molar-refractivity contribution in [3.05, 3.63) is 121 Å². The number of nitrogens with zero attached hydrogens (tertiary/aromatic N) is 1. The fourth-order valence-corrected chi connectivity index (χ4v) is 4.25. The number of aliphatic hydroxyl groups is 2. The number of anilines is 3. The number of hydrogen-bond donors (Lipinski definition) is 2. The minimum absolute atomic E-state index is 0.0637. The van der Waals surface area contributed by atoms with Crippen LogP contribution < -0.4 is 9.64 Å². The number of aliphatic hydroxyl groups excluding tert-OH is 2. The molecule has 0 aliphatic rings. The van der Waals surface area contributed by atoms with Gasteiger partial charge in [-0.3, -0.25) is 0 Å². The smallest absolute Gasteiger partial charge is 0.119 e. The van der Waals surface area contributed by atoms with Crippen molar-refractivity contribution < 1.29 is 14.9 Å². The summed E-state index contributed by atoms with van der Waals surface area (Å²) in [4.78, 5) is 2.28. The van der Waals surface area contributed by atoms with Crippen molar-refractivity contribution in [3.8, 4) is 16.9 Å². The first-order valence-electron chi connectivity index (χ1n) is 12.1. The van der Waals surface area contributed by atoms with Crippen molar-refractivity contribution in [1.29, 1.82) is 0 Å². The van der Waals surface area contributed by atoms with Gasteiger partial charge in [-0.15, -0.1) is 0 Å². The summed E-state index contributed by atoms with van der Waals surface area (Å²) < 4.78 is 5.52. The molecule has 0 saturated carbocycles. The molecule has 0 amide bonds. The molecule has 4 heteroatoms. The predicted octanol–water partition coefficient (Wildman–Crippen LogP) is 7.02. The van der Waals surface area contributed by atoms with Gasteiger partial charge in [-0.05, 0) is 77.4 Å². The summed E-state index contributed by atoms with van der Waals surface area (Å²) in [5.74, 6) is 0.657. The zero-order valence-corrected chi connectivity index (χ0v) is 20.2. The minimum atomic E-state index is -0.878. The van der Waals surface area contributed by atoms with E-state index in [-0.39, 0.29) is 13.2 Å². The van der Waals surface area contributed by atoms with E-state index in [4.69, 9.17) is 9.84 Å². The van der Waals surface area contributed by atoms with Crippen molar-refractivity contribution in [3.63, 3.8) is 0 Å². The van der Waals surface area contributed by atoms with Crippen LogP contribution in [0.1, 0.15) is 5.56 Å². The maximum Gasteiger partial charge on any atom is 0.119 e. The van der Waals surface area contributed by atoms with E-state index in [0.29, 0.717) is 5.75 Å². The molecule has 1 unspecified atom stereocenters. The standard InChI is InChI=1S/C32H29NO3/c1-23-6-13-28(14-7-23)33(30-17-10-24-4-2-3-5-27(24)20-30)29-15-8-25(9-16-29)26-11-18-32(19-12-26)36-22-31(35)21-34/h2-20,31,34-35H,21-22H2,1H3. The lowest BCUT2D eigenvalue weighted by Crippen LogP contribution is -2.21. The van der Waals surface area contributed by atoms with Gasteiger partial charge in [0.25, 0.3) is 0 Å². The molecule has 2 N–H and O–H groups in total. The van der Waals surface area contributed by atoms with Gasteiger partial charge in [-0.2, -0.15) is 0 Å². The molecule has 5 aromatic rings. The van der Waals surface area contributed by atoms with Crippen LogP contribution in [0.25, 0.3) is 21.9 Å². The number of rotatable bonds is 8. The molecule has 1 atom stereocenters. The van der Waals surface area contributed by atoms with Crippen molar-refractivity contribution in [2.45, 2.75) is 13.0 Å². The first-order chi connectivity index (χ1) is 17.6. The number of fused-ring (bicyclic) bond motifs is 1. The molecule has 0 aromatic heterocycles. The molecular weight excluding hydrogens is 446 g/mol. The van der Waals surface area contributed by atoms with E-state index in [1.165, 1.54) is 16.3 Å². The monoisotopic (exact) mass is 475 g/mol. The van der Waals surface area contributed by atoms with Gasteiger partial charge in [0.05, 0.1) is 6.61 Å². The minimum Gasteiger partial charge on any atom is -0.491 e. The molecule has 0 radical (unpaired) electrons. The molecule has 36 heavy (non-hydrogen) atoms. The van der Waals surface area contributed by atoms with Gasteiger partial charge in [-0.25, -0.2) is 0 Å². The molecule has 5 aromatic carbocycles. The summed E-state index contributed by atoms with van der Waals surface area (Å²) in [5.41, 5.74) is 6.70. The lowest BCUT2D eigenvalue weighted by atomic mass is 10.0. The Morgan fingerprint density at radius 3 is 1.86 bits per heavy atom. The van der Waals surface area contributed by atoms with E-state index in [2.05, 4.69) is 103 Å². The largest absolute Gasteiger partial charge is 0.491 e. The zero-order chi connectivity index (χ0) is 24.9. The summed E-state index contributed by atoms with van der Waals surface area (Å²) in [7, 11) is 0. The Bertz CT molecular complexity index is 1430. The Morgan fingerprint density at radius 1 is 0.667 bits per heavy atom. The van der Waals surface area contributed by atoms with Crippen LogP contribution in [-0.2, 0) is 0 Å². The van der Waals surface area contributed by atoms with Gasteiger partial charge in [0.15, 0.2) is 0 Å². The van der Waals surface area contributed by atoms with Crippen LogP contribution in [-0.4, -0.2) is 29.5 Å². The van der Waals surface area contributed by atoms with E-state index in [1.807, 2.05) is 24.3 Å². The van der Waals surface area contributed by atoms with Gasteiger partial charge in [0, 0.05) is 17.1 Å². The molecule has 0 aliphatic heterocycles. The number of aryl methyl sites for hydroxylation is 1. The Hall–Kier alpha value is -4.12. The van der Waals surface area contributed by atoms with E-state index in [0.717, 1.165) is 28.2 Å². The molecular formula is C32H29NO3. The molecule has 5 rings (SSSR count). The van der Waals surface area contributed by atoms with Crippen molar-refractivity contribution >= 4 is 27.8 Å². The highest BCUT2D eigenvalue weighted by Gasteiger charge is 2.13. The van der Waals surface area contributed by atoms with E-state index >= 15 is 0 Å². The Kier molecular flexibility index (Phi) is 6.99. The molecule has 0 bridgehead atoms. The molecule has 0 fully saturated rings. The van der Waals surface area contributed by atoms with Crippen LogP contribution in [0.3, 0.4) is 0 Å². The molecule has 180 valence electrons. The first kappa shape index (κ1) is 23.6. The van der Waals surface area contributed by atoms with E-state index in [9.17, 15) is 5.11 Å². The predicted molar refractivity (Wildman–Crippen MR) is 147 cm³/mol. The lowest BCUT2D eigenvalue weighted by Gasteiger charge is -2.26. The third-order valence-electron chi connectivity index (χ3n) is 6.25. The highest BCUT2D eigenvalue weighted by Crippen LogP contribution is 2.37. The number of ether oxygens (including phenoxy) is 1. The molecule has 0 aliphatic carbocycles. The molecule has 4 nitrogen and oxygen atoms in total. The van der Waals surface area contributed by atoms with Gasteiger partial charge in [0.2, 0.25) is 0 Å². The highest BCUT2D eigenvalue weighted by atomic mass is 16.5. The fourth-order valence-electron chi connectivity index (χ4n) is 4.25. The van der Waals surface area contributed by atoms with Crippen LogP contribution in [0.5, 0.6) is 5.75 Å². The number of hydrogen-bond acceptors (Lipinski definition) is 4. The molecule has 0 saturated heterocycles. The van der Waals surface area contributed by atoms with Crippen molar-refractivity contribution in [2.24, 2.45) is 0 Å². The van der Waals surface area contributed by atoms with Crippen molar-refractivity contribution in [1.82, 2.24) is 0 Å². The maximum absolute atomic E-state index is 9.47. The second-order valence-electron chi connectivity index (χ2n) is 8.92. The molecule has 0 spiro atoms. The average Bonchev–Trinajstić information content (AvgIpc) is 2.93. The van der Waals surface area contributed by atoms with Gasteiger partial charge in [0.1, 0.15) is 18.5 Å². The summed E-state index contributed by atoms with van der Waals surface area (Å²) >= 11 is 0. The second-order valence-corrected chi connectivity index (χ2v) is 8.92. The lowest BCUT2D eigenvalue weighted by molar-refractivity contribution is 0.0536. The maximum atomic E-state index is 9.47. The summed E-state index contributed by atoms with van der Waals surface area (Å²) in [6.07, 6.45) is -0.878. The zero-order valence-electron chi connectivity index (χ0n) is 20.2. The molecule has 0 heterocycles. The Morgan fingerprint density at radius 2 is 1.22 bits per heavy atom.